The maximum atomic E-state index is 12.9. The molecule has 0 aromatic heterocycles. The van der Waals surface area contributed by atoms with Gasteiger partial charge in [-0.05, 0) is 75.6 Å². The van der Waals surface area contributed by atoms with Crippen molar-refractivity contribution < 1.29 is 37.6 Å². The van der Waals surface area contributed by atoms with Crippen molar-refractivity contribution in [2.75, 3.05) is 26.1 Å². The number of nitrogens with zero attached hydrogens (tertiary/aromatic N) is 1. The first-order valence-corrected chi connectivity index (χ1v) is 20.0. The fourth-order valence-electron chi connectivity index (χ4n) is 6.13. The van der Waals surface area contributed by atoms with Crippen LogP contribution < -0.4 is 19.7 Å². The Kier molecular flexibility index (Phi) is 15.9. The van der Waals surface area contributed by atoms with Crippen LogP contribution >= 0.6 is 17.1 Å². The minimum absolute atomic E-state index is 0.0440. The molecule has 3 aromatic carbocycles. The molecule has 42 heavy (non-hydrogen) atoms. The van der Waals surface area contributed by atoms with Crippen molar-refractivity contribution in [2.45, 2.75) is 80.4 Å². The second kappa shape index (κ2) is 19.1. The summed E-state index contributed by atoms with van der Waals surface area (Å²) < 4.78 is 34.3. The van der Waals surface area contributed by atoms with E-state index in [1.54, 1.807) is 55.6 Å². The second-order valence-electron chi connectivity index (χ2n) is 10.9. The van der Waals surface area contributed by atoms with Gasteiger partial charge in [0.25, 0.3) is 0 Å². The number of halogens is 2. The van der Waals surface area contributed by atoms with Crippen LogP contribution in [0.5, 0.6) is 17.2 Å². The molecule has 0 bridgehead atoms. The number of rotatable bonds is 8. The third-order valence-corrected chi connectivity index (χ3v) is 12.6. The van der Waals surface area contributed by atoms with Crippen LogP contribution in [-0.2, 0) is 31.2 Å². The second-order valence-corrected chi connectivity index (χ2v) is 14.9. The van der Waals surface area contributed by atoms with E-state index in [9.17, 15) is 8.09 Å². The first-order valence-electron chi connectivity index (χ1n) is 14.6. The van der Waals surface area contributed by atoms with Crippen molar-refractivity contribution in [1.82, 2.24) is 0 Å². The van der Waals surface area contributed by atoms with Gasteiger partial charge in [0.05, 0.1) is 24.1 Å². The van der Waals surface area contributed by atoms with Crippen LogP contribution in [0.2, 0.25) is 0 Å². The Morgan fingerprint density at radius 1 is 0.881 bits per heavy atom. The molecule has 0 radical (unpaired) electrons. The van der Waals surface area contributed by atoms with E-state index >= 15 is 0 Å². The van der Waals surface area contributed by atoms with E-state index in [0.29, 0.717) is 11.5 Å². The number of methoxy groups -OCH3 is 1. The van der Waals surface area contributed by atoms with Gasteiger partial charge in [-0.3, -0.25) is 0 Å². The molecule has 0 aliphatic heterocycles. The Bertz CT molecular complexity index is 1210. The van der Waals surface area contributed by atoms with Crippen molar-refractivity contribution in [3.63, 3.8) is 0 Å². The van der Waals surface area contributed by atoms with Gasteiger partial charge in [-0.1, -0.05) is 25.0 Å². The van der Waals surface area contributed by atoms with Gasteiger partial charge >= 0.3 is 29.2 Å². The Morgan fingerprint density at radius 3 is 1.98 bits per heavy atom. The number of anilines is 1. The molecule has 0 heterocycles. The first kappa shape index (κ1) is 35.1. The van der Waals surface area contributed by atoms with Gasteiger partial charge in [-0.15, -0.1) is 16.0 Å². The molecule has 2 fully saturated rings. The Balaban J connectivity index is 0.000000222. The van der Waals surface area contributed by atoms with Crippen LogP contribution in [0.15, 0.2) is 71.6 Å². The standard InChI is InChI=1S/C20H32NP.C13H10FO3S.Au.ClH/c1-21(2)19-15-9-10-16-20(19)22(17-11-5-3-6-12-17)18-13-7-4-8-14-18;1-16-12-8-7-11(9-13(12)18(14)15)17-10-5-3-2-4-6-10;;/h9-10,15-18H,3-8,11-14H2,1-2H3;3-9H,1H3;;1H/q;-1;+1;. The Morgan fingerprint density at radius 2 is 1.45 bits per heavy atom. The van der Waals surface area contributed by atoms with Gasteiger partial charge in [0, 0.05) is 33.8 Å². The predicted molar refractivity (Wildman–Crippen MR) is 174 cm³/mol. The van der Waals surface area contributed by atoms with Crippen LogP contribution in [0.25, 0.3) is 0 Å². The third-order valence-electron chi connectivity index (χ3n) is 8.02. The molecule has 9 heteroatoms. The minimum atomic E-state index is -2.62. The van der Waals surface area contributed by atoms with E-state index < -0.39 is 19.1 Å². The summed E-state index contributed by atoms with van der Waals surface area (Å²) in [4.78, 5) is 2.31. The molecule has 1 atom stereocenters. The van der Waals surface area contributed by atoms with Crippen LogP contribution in [0.4, 0.5) is 9.57 Å². The predicted octanol–water partition coefficient (Wildman–Crippen LogP) is 9.22. The topological polar surface area (TPSA) is 38.8 Å². The monoisotopic (exact) mass is 815 g/mol. The first-order chi connectivity index (χ1) is 20.5. The fourth-order valence-corrected chi connectivity index (χ4v) is 11.1. The van der Waals surface area contributed by atoms with Gasteiger partial charge in [0.15, 0.2) is 0 Å². The molecule has 1 unspecified atom stereocenters. The van der Waals surface area contributed by atoms with Crippen molar-refractivity contribution in [3.05, 3.63) is 72.8 Å². The third kappa shape index (κ3) is 10.4. The molecule has 2 aliphatic rings. The summed E-state index contributed by atoms with van der Waals surface area (Å²) in [5, 5.41) is 1.75. The zero-order chi connectivity index (χ0) is 30.3. The van der Waals surface area contributed by atoms with Crippen LogP contribution in [-0.4, -0.2) is 36.7 Å². The summed E-state index contributed by atoms with van der Waals surface area (Å²) in [5.74, 6) is 1.21. The summed E-state index contributed by atoms with van der Waals surface area (Å²) in [6.45, 7) is 0. The summed E-state index contributed by atoms with van der Waals surface area (Å²) in [6.07, 6.45) is 14.9. The van der Waals surface area contributed by atoms with Crippen LogP contribution in [0.1, 0.15) is 64.2 Å². The molecule has 3 aromatic rings. The zero-order valence-corrected chi connectivity index (χ0v) is 29.5. The number of hydrogen-bond donors (Lipinski definition) is 0. The van der Waals surface area contributed by atoms with Gasteiger partial charge < -0.3 is 14.4 Å². The molecule has 2 aliphatic carbocycles. The molecule has 4 nitrogen and oxygen atoms in total. The van der Waals surface area contributed by atoms with Gasteiger partial charge in [-0.2, -0.15) is 18.2 Å². The normalized spacial score (nSPS) is 16.4. The quantitative estimate of drug-likeness (QED) is 0.0985. The van der Waals surface area contributed by atoms with E-state index in [1.165, 1.54) is 89.1 Å². The molecule has 0 saturated heterocycles. The summed E-state index contributed by atoms with van der Waals surface area (Å²) in [7, 11) is 9.98. The Hall–Kier alpha value is -1.40. The maximum absolute atomic E-state index is 12.9. The van der Waals surface area contributed by atoms with E-state index in [4.69, 9.17) is 9.47 Å². The van der Waals surface area contributed by atoms with E-state index in [0.717, 1.165) is 11.3 Å². The Labute approximate surface area is 272 Å². The average Bonchev–Trinajstić information content (AvgIpc) is 3.04. The molecule has 2 saturated carbocycles. The molecule has 0 N–H and O–H groups in total. The van der Waals surface area contributed by atoms with Crippen LogP contribution in [0, 0.1) is 6.07 Å². The fraction of sp³-hybridized carbons (Fsp3) is 0.455. The van der Waals surface area contributed by atoms with Crippen molar-refractivity contribution >= 4 is 39.3 Å². The number of ether oxygens (including phenoxy) is 2. The van der Waals surface area contributed by atoms with Crippen LogP contribution in [0.3, 0.4) is 0 Å². The van der Waals surface area contributed by atoms with Crippen molar-refractivity contribution in [3.8, 4) is 17.2 Å². The SMILES string of the molecule is CN(C)c1ccccc1[PH+](C1CCCCC1)C1CCCCC1.COc1ccc(Oc2cc[c-]cc2)cc1S(=O)F.[Cl][Au]. The van der Waals surface area contributed by atoms with Gasteiger partial charge in [-0.25, -0.2) is 4.21 Å². The average molecular weight is 816 g/mol. The van der Waals surface area contributed by atoms with Gasteiger partial charge in [0.1, 0.15) is 21.7 Å². The summed E-state index contributed by atoms with van der Waals surface area (Å²) in [5.41, 5.74) is 3.57. The zero-order valence-electron chi connectivity index (χ0n) is 24.7. The van der Waals surface area contributed by atoms with Crippen molar-refractivity contribution in [1.29, 1.82) is 0 Å². The van der Waals surface area contributed by atoms with E-state index in [-0.39, 0.29) is 10.6 Å². The molecule has 0 spiro atoms. The van der Waals surface area contributed by atoms with E-state index in [1.807, 2.05) is 0 Å². The van der Waals surface area contributed by atoms with Crippen molar-refractivity contribution in [2.24, 2.45) is 0 Å². The van der Waals surface area contributed by atoms with Gasteiger partial charge in [0.2, 0.25) is 11.2 Å². The summed E-state index contributed by atoms with van der Waals surface area (Å²) in [6, 6.07) is 23.5. The molecule has 5 rings (SSSR count). The number of benzene rings is 3. The van der Waals surface area contributed by atoms with E-state index in [2.05, 4.69) is 58.5 Å². The summed E-state index contributed by atoms with van der Waals surface area (Å²) >= 11 is -0.870. The molecule has 0 amide bonds. The molecular formula is C33H43AuClFNO3PS. The molecular weight excluding hydrogens is 773 g/mol. The number of hydrogen-bond acceptors (Lipinski definition) is 4. The number of para-hydroxylation sites is 1. The molecule has 234 valence electrons.